The van der Waals surface area contributed by atoms with Crippen molar-refractivity contribution in [1.29, 1.82) is 0 Å². The Morgan fingerprint density at radius 1 is 1.39 bits per heavy atom. The summed E-state index contributed by atoms with van der Waals surface area (Å²) in [6, 6.07) is 8.02. The molecule has 0 bridgehead atoms. The third-order valence-corrected chi connectivity index (χ3v) is 3.31. The minimum atomic E-state index is -0.983. The summed E-state index contributed by atoms with van der Waals surface area (Å²) in [5.74, 6) is -0.983. The summed E-state index contributed by atoms with van der Waals surface area (Å²) in [5.41, 5.74) is 3.10. The molecule has 0 saturated carbocycles. The SMILES string of the molecule is Cc1ccc(Cc2c(C(=O)O)[nH]c(=S)n2C)cc1. The summed E-state index contributed by atoms with van der Waals surface area (Å²) >= 11 is 5.06. The van der Waals surface area contributed by atoms with Gasteiger partial charge in [0.05, 0.1) is 5.69 Å². The molecule has 0 aliphatic heterocycles. The minimum absolute atomic E-state index is 0.170. The maximum atomic E-state index is 11.1. The van der Waals surface area contributed by atoms with Crippen molar-refractivity contribution in [3.8, 4) is 0 Å². The predicted octanol–water partition coefficient (Wildman–Crippen LogP) is 2.68. The van der Waals surface area contributed by atoms with Crippen molar-refractivity contribution in [2.75, 3.05) is 0 Å². The minimum Gasteiger partial charge on any atom is -0.477 e. The van der Waals surface area contributed by atoms with Crippen LogP contribution in [0.15, 0.2) is 24.3 Å². The first-order valence-corrected chi connectivity index (χ1v) is 5.96. The lowest BCUT2D eigenvalue weighted by Gasteiger charge is -2.05. The van der Waals surface area contributed by atoms with Gasteiger partial charge < -0.3 is 14.7 Å². The average Bonchev–Trinajstić information content (AvgIpc) is 2.60. The maximum Gasteiger partial charge on any atom is 0.354 e. The number of H-pyrrole nitrogens is 1. The number of benzene rings is 1. The van der Waals surface area contributed by atoms with E-state index in [4.69, 9.17) is 17.3 Å². The summed E-state index contributed by atoms with van der Waals surface area (Å²) in [6.45, 7) is 2.02. The molecule has 1 aromatic carbocycles. The molecule has 0 atom stereocenters. The Bertz CT molecular complexity index is 638. The molecule has 94 valence electrons. The third kappa shape index (κ3) is 2.36. The molecule has 2 rings (SSSR count). The maximum absolute atomic E-state index is 11.1. The summed E-state index contributed by atoms with van der Waals surface area (Å²) < 4.78 is 2.13. The molecule has 2 aromatic rings. The van der Waals surface area contributed by atoms with Gasteiger partial charge in [-0.15, -0.1) is 0 Å². The zero-order chi connectivity index (χ0) is 13.3. The van der Waals surface area contributed by atoms with Crippen molar-refractivity contribution < 1.29 is 9.90 Å². The normalized spacial score (nSPS) is 10.6. The zero-order valence-electron chi connectivity index (χ0n) is 10.2. The average molecular weight is 262 g/mol. The van der Waals surface area contributed by atoms with E-state index in [2.05, 4.69) is 4.98 Å². The van der Waals surface area contributed by atoms with Crippen LogP contribution >= 0.6 is 12.2 Å². The number of hydrogen-bond donors (Lipinski definition) is 2. The van der Waals surface area contributed by atoms with Gasteiger partial charge in [0.15, 0.2) is 4.77 Å². The topological polar surface area (TPSA) is 58.0 Å². The van der Waals surface area contributed by atoms with Crippen molar-refractivity contribution in [2.24, 2.45) is 7.05 Å². The Labute approximate surface area is 110 Å². The Hall–Kier alpha value is -1.88. The van der Waals surface area contributed by atoms with E-state index in [9.17, 15) is 4.79 Å². The highest BCUT2D eigenvalue weighted by atomic mass is 32.1. The smallest absolute Gasteiger partial charge is 0.354 e. The van der Waals surface area contributed by atoms with Gasteiger partial charge in [0.2, 0.25) is 0 Å². The number of imidazole rings is 1. The molecule has 1 aromatic heterocycles. The van der Waals surface area contributed by atoms with Crippen LogP contribution in [0.25, 0.3) is 0 Å². The van der Waals surface area contributed by atoms with E-state index in [1.54, 1.807) is 11.6 Å². The van der Waals surface area contributed by atoms with E-state index in [1.807, 2.05) is 31.2 Å². The molecule has 0 aliphatic rings. The zero-order valence-corrected chi connectivity index (χ0v) is 11.0. The number of nitrogens with zero attached hydrogens (tertiary/aromatic N) is 1. The van der Waals surface area contributed by atoms with Crippen molar-refractivity contribution >= 4 is 18.2 Å². The van der Waals surface area contributed by atoms with Gasteiger partial charge in [-0.3, -0.25) is 0 Å². The van der Waals surface area contributed by atoms with Crippen LogP contribution < -0.4 is 0 Å². The van der Waals surface area contributed by atoms with Gasteiger partial charge in [-0.2, -0.15) is 0 Å². The van der Waals surface area contributed by atoms with Gasteiger partial charge in [0.25, 0.3) is 0 Å². The number of carboxylic acid groups (broad SMARTS) is 1. The number of hydrogen-bond acceptors (Lipinski definition) is 2. The van der Waals surface area contributed by atoms with Gasteiger partial charge in [0.1, 0.15) is 5.69 Å². The second-order valence-electron chi connectivity index (χ2n) is 4.28. The number of aromatic carboxylic acids is 1. The number of carbonyl (C=O) groups is 1. The molecular formula is C13H14N2O2S. The van der Waals surface area contributed by atoms with Gasteiger partial charge in [0, 0.05) is 13.5 Å². The van der Waals surface area contributed by atoms with Crippen LogP contribution in [0.2, 0.25) is 0 Å². The second kappa shape index (κ2) is 4.78. The van der Waals surface area contributed by atoms with Gasteiger partial charge in [-0.05, 0) is 24.7 Å². The summed E-state index contributed by atoms with van der Waals surface area (Å²) in [5, 5.41) is 9.13. The third-order valence-electron chi connectivity index (χ3n) is 2.94. The number of carboxylic acids is 1. The molecule has 0 spiro atoms. The van der Waals surface area contributed by atoms with E-state index in [-0.39, 0.29) is 5.69 Å². The molecule has 2 N–H and O–H groups in total. The lowest BCUT2D eigenvalue weighted by molar-refractivity contribution is 0.0689. The fourth-order valence-corrected chi connectivity index (χ4v) is 2.05. The van der Waals surface area contributed by atoms with Crippen molar-refractivity contribution in [3.05, 3.63) is 51.6 Å². The second-order valence-corrected chi connectivity index (χ2v) is 4.67. The Morgan fingerprint density at radius 3 is 2.56 bits per heavy atom. The molecule has 0 unspecified atom stereocenters. The van der Waals surface area contributed by atoms with Crippen LogP contribution in [0.3, 0.4) is 0 Å². The van der Waals surface area contributed by atoms with Crippen LogP contribution in [-0.4, -0.2) is 20.6 Å². The van der Waals surface area contributed by atoms with Gasteiger partial charge in [-0.1, -0.05) is 29.8 Å². The molecule has 0 saturated heterocycles. The van der Waals surface area contributed by atoms with E-state index >= 15 is 0 Å². The number of nitrogens with one attached hydrogen (secondary N) is 1. The van der Waals surface area contributed by atoms with Crippen LogP contribution in [0.1, 0.15) is 27.3 Å². The van der Waals surface area contributed by atoms with Crippen LogP contribution in [0.5, 0.6) is 0 Å². The number of aromatic amines is 1. The highest BCUT2D eigenvalue weighted by molar-refractivity contribution is 7.71. The van der Waals surface area contributed by atoms with Gasteiger partial charge in [-0.25, -0.2) is 4.79 Å². The molecule has 18 heavy (non-hydrogen) atoms. The number of rotatable bonds is 3. The molecular weight excluding hydrogens is 248 g/mol. The number of aryl methyl sites for hydroxylation is 1. The van der Waals surface area contributed by atoms with Crippen LogP contribution in [-0.2, 0) is 13.5 Å². The lowest BCUT2D eigenvalue weighted by Crippen LogP contribution is -2.05. The van der Waals surface area contributed by atoms with Crippen molar-refractivity contribution in [3.63, 3.8) is 0 Å². The highest BCUT2D eigenvalue weighted by Crippen LogP contribution is 2.14. The monoisotopic (exact) mass is 262 g/mol. The van der Waals surface area contributed by atoms with Crippen molar-refractivity contribution in [2.45, 2.75) is 13.3 Å². The summed E-state index contributed by atoms with van der Waals surface area (Å²) in [4.78, 5) is 13.9. The Balaban J connectivity index is 2.42. The fraction of sp³-hybridized carbons (Fsp3) is 0.231. The molecule has 0 amide bonds. The number of aromatic nitrogens is 2. The summed E-state index contributed by atoms with van der Waals surface area (Å²) in [7, 11) is 1.77. The fourth-order valence-electron chi connectivity index (χ4n) is 1.84. The first-order valence-electron chi connectivity index (χ1n) is 5.55. The van der Waals surface area contributed by atoms with E-state index < -0.39 is 5.97 Å². The van der Waals surface area contributed by atoms with E-state index in [1.165, 1.54) is 5.56 Å². The van der Waals surface area contributed by atoms with Crippen LogP contribution in [0.4, 0.5) is 0 Å². The first kappa shape index (κ1) is 12.6. The lowest BCUT2D eigenvalue weighted by atomic mass is 10.1. The van der Waals surface area contributed by atoms with Crippen LogP contribution in [0, 0.1) is 11.7 Å². The molecule has 0 aliphatic carbocycles. The molecule has 4 nitrogen and oxygen atoms in total. The quantitative estimate of drug-likeness (QED) is 0.836. The highest BCUT2D eigenvalue weighted by Gasteiger charge is 2.16. The molecule has 5 heteroatoms. The van der Waals surface area contributed by atoms with E-state index in [0.717, 1.165) is 5.56 Å². The summed E-state index contributed by atoms with van der Waals surface area (Å²) in [6.07, 6.45) is 0.547. The van der Waals surface area contributed by atoms with Crippen molar-refractivity contribution in [1.82, 2.24) is 9.55 Å². The standard InChI is InChI=1S/C13H14N2O2S/c1-8-3-5-9(6-4-8)7-10-11(12(16)17)14-13(18)15(10)2/h3-6H,7H2,1-2H3,(H,14,18)(H,16,17). The largest absolute Gasteiger partial charge is 0.477 e. The predicted molar refractivity (Wildman–Crippen MR) is 71.5 cm³/mol. The first-order chi connectivity index (χ1) is 8.49. The Morgan fingerprint density at radius 2 is 2.00 bits per heavy atom. The van der Waals surface area contributed by atoms with Gasteiger partial charge >= 0.3 is 5.97 Å². The molecule has 0 radical (unpaired) electrons. The van der Waals surface area contributed by atoms with E-state index in [0.29, 0.717) is 16.9 Å². The molecule has 1 heterocycles. The Kier molecular flexibility index (Phi) is 3.34. The molecule has 0 fully saturated rings.